The van der Waals surface area contributed by atoms with Gasteiger partial charge in [0.05, 0.1) is 5.75 Å². The van der Waals surface area contributed by atoms with Crippen molar-refractivity contribution in [3.05, 3.63) is 52.6 Å². The molecular weight excluding hydrogens is 372 g/mol. The highest BCUT2D eigenvalue weighted by molar-refractivity contribution is 7.91. The summed E-state index contributed by atoms with van der Waals surface area (Å²) in [4.78, 5) is -0.460. The number of sulfone groups is 1. The first-order valence-electron chi connectivity index (χ1n) is 7.61. The van der Waals surface area contributed by atoms with Gasteiger partial charge in [0.2, 0.25) is 0 Å². The fraction of sp³-hybridized carbons (Fsp3) is 0.294. The first-order chi connectivity index (χ1) is 11.8. The molecule has 0 saturated heterocycles. The van der Waals surface area contributed by atoms with E-state index in [4.69, 9.17) is 16.3 Å². The van der Waals surface area contributed by atoms with Gasteiger partial charge < -0.3 is 10.1 Å². The zero-order valence-corrected chi connectivity index (χ0v) is 15.3. The monoisotopic (exact) mass is 389 g/mol. The summed E-state index contributed by atoms with van der Waals surface area (Å²) in [5.41, 5.74) is 0.366. The van der Waals surface area contributed by atoms with Gasteiger partial charge in [0.25, 0.3) is 0 Å². The standard InChI is InChI=1S/C17H18ClF2NO3S/c1-3-6-25(22,23)17-9-16(11(10-21-2)7-14(17)20)24-15-5-4-12(18)8-13(15)19/h4-5,7-9,21H,3,6,10H2,1-2H3. The highest BCUT2D eigenvalue weighted by atomic mass is 35.5. The van der Waals surface area contributed by atoms with Gasteiger partial charge in [0.15, 0.2) is 21.4 Å². The summed E-state index contributed by atoms with van der Waals surface area (Å²) in [5.74, 6) is -1.82. The quantitative estimate of drug-likeness (QED) is 0.766. The van der Waals surface area contributed by atoms with E-state index >= 15 is 0 Å². The molecule has 136 valence electrons. The second-order valence-electron chi connectivity index (χ2n) is 5.42. The largest absolute Gasteiger partial charge is 0.454 e. The number of hydrogen-bond acceptors (Lipinski definition) is 4. The molecule has 0 amide bonds. The minimum absolute atomic E-state index is 0.0617. The van der Waals surface area contributed by atoms with Crippen LogP contribution in [0.3, 0.4) is 0 Å². The van der Waals surface area contributed by atoms with Gasteiger partial charge in [0, 0.05) is 23.2 Å². The maximum atomic E-state index is 14.3. The van der Waals surface area contributed by atoms with Gasteiger partial charge in [-0.15, -0.1) is 0 Å². The van der Waals surface area contributed by atoms with Crippen molar-refractivity contribution in [2.24, 2.45) is 0 Å². The number of ether oxygens (including phenoxy) is 1. The third kappa shape index (κ3) is 4.68. The highest BCUT2D eigenvalue weighted by Crippen LogP contribution is 2.33. The normalized spacial score (nSPS) is 11.6. The number of nitrogens with one attached hydrogen (secondary N) is 1. The molecule has 0 saturated carbocycles. The van der Waals surface area contributed by atoms with E-state index in [0.717, 1.165) is 18.2 Å². The summed E-state index contributed by atoms with van der Waals surface area (Å²) in [6, 6.07) is 6.02. The molecule has 2 aromatic carbocycles. The highest BCUT2D eigenvalue weighted by Gasteiger charge is 2.22. The predicted octanol–water partition coefficient (Wildman–Crippen LogP) is 4.31. The molecule has 25 heavy (non-hydrogen) atoms. The molecule has 0 atom stereocenters. The number of rotatable bonds is 7. The minimum Gasteiger partial charge on any atom is -0.454 e. The lowest BCUT2D eigenvalue weighted by molar-refractivity contribution is 0.432. The summed E-state index contributed by atoms with van der Waals surface area (Å²) >= 11 is 5.71. The maximum Gasteiger partial charge on any atom is 0.181 e. The maximum absolute atomic E-state index is 14.3. The number of hydrogen-bond donors (Lipinski definition) is 1. The van der Waals surface area contributed by atoms with Crippen molar-refractivity contribution < 1.29 is 21.9 Å². The zero-order chi connectivity index (χ0) is 18.6. The Morgan fingerprint density at radius 3 is 2.44 bits per heavy atom. The molecule has 0 aromatic heterocycles. The van der Waals surface area contributed by atoms with E-state index in [1.807, 2.05) is 0 Å². The fourth-order valence-corrected chi connectivity index (χ4v) is 3.85. The number of halogens is 3. The molecule has 2 rings (SSSR count). The third-order valence-electron chi connectivity index (χ3n) is 3.40. The molecule has 0 aliphatic heterocycles. The van der Waals surface area contributed by atoms with Crippen LogP contribution in [0.5, 0.6) is 11.5 Å². The Bertz CT molecular complexity index is 872. The van der Waals surface area contributed by atoms with E-state index in [-0.39, 0.29) is 28.8 Å². The molecule has 0 radical (unpaired) electrons. The first-order valence-corrected chi connectivity index (χ1v) is 9.64. The molecule has 0 aliphatic rings. The van der Waals surface area contributed by atoms with Crippen LogP contribution in [0, 0.1) is 11.6 Å². The second kappa shape index (κ2) is 8.12. The van der Waals surface area contributed by atoms with E-state index in [9.17, 15) is 17.2 Å². The Balaban J connectivity index is 2.53. The van der Waals surface area contributed by atoms with E-state index in [1.54, 1.807) is 14.0 Å². The summed E-state index contributed by atoms with van der Waals surface area (Å²) < 4.78 is 58.2. The fourth-order valence-electron chi connectivity index (χ4n) is 2.29. The van der Waals surface area contributed by atoms with Gasteiger partial charge in [-0.05, 0) is 37.7 Å². The smallest absolute Gasteiger partial charge is 0.181 e. The van der Waals surface area contributed by atoms with Crippen LogP contribution in [-0.2, 0) is 16.4 Å². The molecule has 4 nitrogen and oxygen atoms in total. The van der Waals surface area contributed by atoms with Crippen LogP contribution >= 0.6 is 11.6 Å². The average Bonchev–Trinajstić information content (AvgIpc) is 2.52. The van der Waals surface area contributed by atoms with Gasteiger partial charge in [-0.2, -0.15) is 0 Å². The van der Waals surface area contributed by atoms with Crippen LogP contribution in [0.25, 0.3) is 0 Å². The molecule has 8 heteroatoms. The van der Waals surface area contributed by atoms with Gasteiger partial charge in [0.1, 0.15) is 16.5 Å². The van der Waals surface area contributed by atoms with Crippen molar-refractivity contribution in [1.29, 1.82) is 0 Å². The minimum atomic E-state index is -3.79. The van der Waals surface area contributed by atoms with E-state index in [1.165, 1.54) is 12.1 Å². The van der Waals surface area contributed by atoms with Gasteiger partial charge >= 0.3 is 0 Å². The lowest BCUT2D eigenvalue weighted by atomic mass is 10.2. The topological polar surface area (TPSA) is 55.4 Å². The predicted molar refractivity (Wildman–Crippen MR) is 93.0 cm³/mol. The molecule has 0 aliphatic carbocycles. The Morgan fingerprint density at radius 1 is 1.12 bits per heavy atom. The lowest BCUT2D eigenvalue weighted by Crippen LogP contribution is -2.12. The average molecular weight is 390 g/mol. The Kier molecular flexibility index (Phi) is 6.37. The van der Waals surface area contributed by atoms with Gasteiger partial charge in [-0.3, -0.25) is 0 Å². The molecular formula is C17H18ClF2NO3S. The number of benzene rings is 2. The first kappa shape index (κ1) is 19.6. The summed E-state index contributed by atoms with van der Waals surface area (Å²) in [6.45, 7) is 1.90. The van der Waals surface area contributed by atoms with Crippen LogP contribution in [0.15, 0.2) is 35.2 Å². The van der Waals surface area contributed by atoms with Crippen molar-refractivity contribution >= 4 is 21.4 Å². The van der Waals surface area contributed by atoms with Crippen molar-refractivity contribution in [3.8, 4) is 11.5 Å². The lowest BCUT2D eigenvalue weighted by Gasteiger charge is -2.14. The molecule has 1 N–H and O–H groups in total. The molecule has 2 aromatic rings. The van der Waals surface area contributed by atoms with Crippen LogP contribution in [0.4, 0.5) is 8.78 Å². The molecule has 0 fully saturated rings. The van der Waals surface area contributed by atoms with Crippen LogP contribution in [0.2, 0.25) is 5.02 Å². The molecule has 0 unspecified atom stereocenters. The van der Waals surface area contributed by atoms with Crippen molar-refractivity contribution in [2.45, 2.75) is 24.8 Å². The van der Waals surface area contributed by atoms with Gasteiger partial charge in [-0.1, -0.05) is 18.5 Å². The Labute approximate surface area is 150 Å². The van der Waals surface area contributed by atoms with Gasteiger partial charge in [-0.25, -0.2) is 17.2 Å². The van der Waals surface area contributed by atoms with E-state index in [0.29, 0.717) is 12.0 Å². The van der Waals surface area contributed by atoms with Crippen molar-refractivity contribution in [1.82, 2.24) is 5.32 Å². The SMILES string of the molecule is CCCS(=O)(=O)c1cc(Oc2ccc(Cl)cc2F)c(CNC)cc1F. The zero-order valence-electron chi connectivity index (χ0n) is 13.8. The van der Waals surface area contributed by atoms with E-state index < -0.39 is 26.4 Å². The summed E-state index contributed by atoms with van der Waals surface area (Å²) in [5, 5.41) is 3.03. The molecule has 0 heterocycles. The van der Waals surface area contributed by atoms with Crippen LogP contribution in [0.1, 0.15) is 18.9 Å². The third-order valence-corrected chi connectivity index (χ3v) is 5.57. The van der Waals surface area contributed by atoms with E-state index in [2.05, 4.69) is 5.32 Å². The van der Waals surface area contributed by atoms with Crippen molar-refractivity contribution in [2.75, 3.05) is 12.8 Å². The van der Waals surface area contributed by atoms with Crippen LogP contribution in [-0.4, -0.2) is 21.2 Å². The molecule has 0 spiro atoms. The molecule has 0 bridgehead atoms. The Morgan fingerprint density at radius 2 is 1.84 bits per heavy atom. The summed E-state index contributed by atoms with van der Waals surface area (Å²) in [7, 11) is -2.15. The second-order valence-corrected chi connectivity index (χ2v) is 7.93. The summed E-state index contributed by atoms with van der Waals surface area (Å²) in [6.07, 6.45) is 0.349. The van der Waals surface area contributed by atoms with Crippen LogP contribution < -0.4 is 10.1 Å². The Hall–Kier alpha value is -1.70. The van der Waals surface area contributed by atoms with Crippen molar-refractivity contribution in [3.63, 3.8) is 0 Å².